The Balaban J connectivity index is 1.80. The maximum absolute atomic E-state index is 12.2. The number of fused-ring (bicyclic) bond motifs is 1. The van der Waals surface area contributed by atoms with Crippen LogP contribution in [-0.2, 0) is 9.53 Å². The van der Waals surface area contributed by atoms with Crippen LogP contribution in [0.5, 0.6) is 5.75 Å². The van der Waals surface area contributed by atoms with E-state index in [0.717, 1.165) is 5.39 Å². The molecule has 0 atom stereocenters. The smallest absolute Gasteiger partial charge is 0.339 e. The molecule has 2 aromatic carbocycles. The van der Waals surface area contributed by atoms with Crippen molar-refractivity contribution in [1.82, 2.24) is 0 Å². The Bertz CT molecular complexity index is 1040. The predicted octanol–water partition coefficient (Wildman–Crippen LogP) is 4.53. The van der Waals surface area contributed by atoms with Gasteiger partial charge in [0.05, 0.1) is 25.5 Å². The van der Waals surface area contributed by atoms with Crippen LogP contribution in [0.25, 0.3) is 17.0 Å². The third kappa shape index (κ3) is 4.12. The second-order valence-electron chi connectivity index (χ2n) is 5.53. The summed E-state index contributed by atoms with van der Waals surface area (Å²) in [5.41, 5.74) is 1.17. The van der Waals surface area contributed by atoms with Gasteiger partial charge in [0.15, 0.2) is 11.3 Å². The average molecular weight is 386 g/mol. The highest BCUT2D eigenvalue weighted by molar-refractivity contribution is 6.31. The molecule has 0 aliphatic carbocycles. The first-order valence-electron chi connectivity index (χ1n) is 7.95. The second kappa shape index (κ2) is 7.97. The third-order valence-corrected chi connectivity index (χ3v) is 3.99. The molecule has 6 nitrogen and oxygen atoms in total. The first-order valence-corrected chi connectivity index (χ1v) is 8.33. The topological polar surface area (TPSA) is 77.8 Å². The number of para-hydroxylation sites is 1. The molecule has 1 amide bonds. The Morgan fingerprint density at radius 2 is 1.93 bits per heavy atom. The number of methoxy groups -OCH3 is 2. The average Bonchev–Trinajstić information content (AvgIpc) is 3.08. The van der Waals surface area contributed by atoms with Crippen LogP contribution in [-0.4, -0.2) is 26.1 Å². The number of anilines is 1. The maximum Gasteiger partial charge on any atom is 0.339 e. The van der Waals surface area contributed by atoms with Gasteiger partial charge in [-0.1, -0.05) is 23.7 Å². The lowest BCUT2D eigenvalue weighted by molar-refractivity contribution is -0.111. The minimum Gasteiger partial charge on any atom is -0.493 e. The molecule has 0 saturated carbocycles. The van der Waals surface area contributed by atoms with E-state index in [1.54, 1.807) is 42.5 Å². The molecule has 0 radical (unpaired) electrons. The number of carbonyl (C=O) groups is 2. The van der Waals surface area contributed by atoms with Crippen LogP contribution < -0.4 is 10.1 Å². The Kier molecular flexibility index (Phi) is 5.47. The zero-order valence-electron chi connectivity index (χ0n) is 14.6. The molecule has 0 unspecified atom stereocenters. The number of hydrogen-bond donors (Lipinski definition) is 1. The summed E-state index contributed by atoms with van der Waals surface area (Å²) in [6.07, 6.45) is 2.82. The minimum atomic E-state index is -0.531. The molecule has 1 heterocycles. The molecule has 1 aromatic heterocycles. The fourth-order valence-electron chi connectivity index (χ4n) is 2.55. The van der Waals surface area contributed by atoms with E-state index in [0.29, 0.717) is 27.8 Å². The monoisotopic (exact) mass is 385 g/mol. The molecule has 3 rings (SSSR count). The Morgan fingerprint density at radius 1 is 1.15 bits per heavy atom. The van der Waals surface area contributed by atoms with Crippen LogP contribution in [0.3, 0.4) is 0 Å². The number of nitrogens with one attached hydrogen (secondary N) is 1. The van der Waals surface area contributed by atoms with E-state index in [1.165, 1.54) is 26.4 Å². The lowest BCUT2D eigenvalue weighted by atomic mass is 10.2. The quantitative estimate of drug-likeness (QED) is 0.515. The fraction of sp³-hybridized carbons (Fsp3) is 0.100. The predicted molar refractivity (Wildman–Crippen MR) is 103 cm³/mol. The highest BCUT2D eigenvalue weighted by Gasteiger charge is 2.13. The molecule has 0 spiro atoms. The molecule has 0 aliphatic rings. The van der Waals surface area contributed by atoms with Crippen molar-refractivity contribution < 1.29 is 23.5 Å². The number of hydrogen-bond acceptors (Lipinski definition) is 5. The first-order chi connectivity index (χ1) is 13.0. The molecule has 0 fully saturated rings. The third-order valence-electron chi connectivity index (χ3n) is 3.78. The van der Waals surface area contributed by atoms with E-state index in [-0.39, 0.29) is 5.56 Å². The Labute approximate surface area is 160 Å². The highest BCUT2D eigenvalue weighted by Crippen LogP contribution is 2.32. The normalized spacial score (nSPS) is 10.9. The number of benzene rings is 2. The summed E-state index contributed by atoms with van der Waals surface area (Å²) >= 11 is 6.04. The summed E-state index contributed by atoms with van der Waals surface area (Å²) in [6.45, 7) is 0. The summed E-state index contributed by atoms with van der Waals surface area (Å²) < 4.78 is 15.7. The van der Waals surface area contributed by atoms with Gasteiger partial charge in [0.2, 0.25) is 5.91 Å². The molecule has 3 aromatic rings. The van der Waals surface area contributed by atoms with Gasteiger partial charge >= 0.3 is 5.97 Å². The van der Waals surface area contributed by atoms with Gasteiger partial charge in [-0.05, 0) is 30.3 Å². The van der Waals surface area contributed by atoms with Crippen LogP contribution >= 0.6 is 11.6 Å². The zero-order chi connectivity index (χ0) is 19.4. The van der Waals surface area contributed by atoms with Crippen LogP contribution in [0.1, 0.15) is 16.1 Å². The van der Waals surface area contributed by atoms with Crippen molar-refractivity contribution in [3.8, 4) is 5.75 Å². The number of halogens is 1. The highest BCUT2D eigenvalue weighted by atomic mass is 35.5. The molecule has 0 saturated heterocycles. The molecule has 7 heteroatoms. The maximum atomic E-state index is 12.2. The van der Waals surface area contributed by atoms with Crippen molar-refractivity contribution in [3.63, 3.8) is 0 Å². The van der Waals surface area contributed by atoms with Crippen molar-refractivity contribution in [2.24, 2.45) is 0 Å². The van der Waals surface area contributed by atoms with E-state index in [9.17, 15) is 9.59 Å². The first kappa shape index (κ1) is 18.5. The molecule has 27 heavy (non-hydrogen) atoms. The van der Waals surface area contributed by atoms with Crippen molar-refractivity contribution in [2.45, 2.75) is 0 Å². The van der Waals surface area contributed by atoms with E-state index < -0.39 is 11.9 Å². The van der Waals surface area contributed by atoms with E-state index in [4.69, 9.17) is 25.5 Å². The van der Waals surface area contributed by atoms with Gasteiger partial charge in [-0.2, -0.15) is 0 Å². The van der Waals surface area contributed by atoms with Gasteiger partial charge in [-0.15, -0.1) is 0 Å². The van der Waals surface area contributed by atoms with Crippen LogP contribution in [0, 0.1) is 0 Å². The summed E-state index contributed by atoms with van der Waals surface area (Å²) in [4.78, 5) is 24.0. The second-order valence-corrected chi connectivity index (χ2v) is 5.97. The van der Waals surface area contributed by atoms with Gasteiger partial charge in [0.1, 0.15) is 5.76 Å². The number of esters is 1. The van der Waals surface area contributed by atoms with Crippen molar-refractivity contribution >= 4 is 46.2 Å². The fourth-order valence-corrected chi connectivity index (χ4v) is 2.77. The lowest BCUT2D eigenvalue weighted by Gasteiger charge is -2.07. The van der Waals surface area contributed by atoms with E-state index >= 15 is 0 Å². The van der Waals surface area contributed by atoms with Crippen molar-refractivity contribution in [3.05, 3.63) is 64.9 Å². The van der Waals surface area contributed by atoms with Crippen molar-refractivity contribution in [1.29, 1.82) is 0 Å². The molecule has 138 valence electrons. The molecular weight excluding hydrogens is 370 g/mol. The van der Waals surface area contributed by atoms with E-state index in [2.05, 4.69) is 5.32 Å². The van der Waals surface area contributed by atoms with Gasteiger partial charge in [0, 0.05) is 22.6 Å². The van der Waals surface area contributed by atoms with Crippen LogP contribution in [0.2, 0.25) is 5.02 Å². The largest absolute Gasteiger partial charge is 0.493 e. The van der Waals surface area contributed by atoms with Gasteiger partial charge < -0.3 is 19.2 Å². The standard InChI is InChI=1S/C20H16ClNO5/c1-25-17-11-13(21)9-12-10-14(27-19(12)17)7-8-18(23)22-16-6-4-3-5-15(16)20(24)26-2/h3-11H,1-2H3,(H,22,23)/b8-7+. The SMILES string of the molecule is COC(=O)c1ccccc1NC(=O)/C=C/c1cc2cc(Cl)cc(OC)c2o1. The minimum absolute atomic E-state index is 0.268. The summed E-state index contributed by atoms with van der Waals surface area (Å²) in [5.74, 6) is 0.0171. The van der Waals surface area contributed by atoms with Crippen LogP contribution in [0.4, 0.5) is 5.69 Å². The van der Waals surface area contributed by atoms with Gasteiger partial charge in [-0.3, -0.25) is 4.79 Å². The number of carbonyl (C=O) groups excluding carboxylic acids is 2. The Hall–Kier alpha value is -3.25. The van der Waals surface area contributed by atoms with Gasteiger partial charge in [0.25, 0.3) is 0 Å². The van der Waals surface area contributed by atoms with E-state index in [1.807, 2.05) is 0 Å². The number of ether oxygens (including phenoxy) is 2. The Morgan fingerprint density at radius 3 is 2.67 bits per heavy atom. The summed E-state index contributed by atoms with van der Waals surface area (Å²) in [6, 6.07) is 11.7. The number of furan rings is 1. The molecule has 0 aliphatic heterocycles. The molecule has 1 N–H and O–H groups in total. The molecule has 0 bridgehead atoms. The molecular formula is C20H16ClNO5. The number of amides is 1. The zero-order valence-corrected chi connectivity index (χ0v) is 15.4. The number of rotatable bonds is 5. The summed E-state index contributed by atoms with van der Waals surface area (Å²) in [5, 5.41) is 3.93. The van der Waals surface area contributed by atoms with Crippen LogP contribution in [0.15, 0.2) is 53.0 Å². The lowest BCUT2D eigenvalue weighted by Crippen LogP contribution is -2.12. The summed E-state index contributed by atoms with van der Waals surface area (Å²) in [7, 11) is 2.80. The van der Waals surface area contributed by atoms with Crippen molar-refractivity contribution in [2.75, 3.05) is 19.5 Å². The van der Waals surface area contributed by atoms with Gasteiger partial charge in [-0.25, -0.2) is 4.79 Å².